The highest BCUT2D eigenvalue weighted by Crippen LogP contribution is 2.41. The van der Waals surface area contributed by atoms with E-state index in [9.17, 15) is 4.79 Å². The summed E-state index contributed by atoms with van der Waals surface area (Å²) in [6.07, 6.45) is 0. The zero-order valence-corrected chi connectivity index (χ0v) is 24.4. The Kier molecular flexibility index (Phi) is 5.69. The third kappa shape index (κ3) is 3.93. The minimum atomic E-state index is -0.00616. The third-order valence-corrected chi connectivity index (χ3v) is 9.20. The van der Waals surface area contributed by atoms with E-state index in [1.165, 1.54) is 49.0 Å². The molecule has 0 radical (unpaired) electrons. The smallest absolute Gasteiger partial charge is 0.263 e. The van der Waals surface area contributed by atoms with E-state index in [0.717, 1.165) is 32.9 Å². The van der Waals surface area contributed by atoms with Crippen molar-refractivity contribution in [2.45, 2.75) is 0 Å². The molecule has 9 aromatic rings. The van der Waals surface area contributed by atoms with Gasteiger partial charge in [0.2, 0.25) is 0 Å². The lowest BCUT2D eigenvalue weighted by Gasteiger charge is -2.17. The standard InChI is InChI=1S/C43H27NO/c45-43-39-17-7-6-15-35(39)37-16-8-9-20-41(37)44(43)31-23-21-29(22-24-31)42-33-14-5-4-13-30(33)27-40-34-19-10-18-32(28-11-2-1-3-12-28)36(34)25-26-38(40)42/h1-27H. The van der Waals surface area contributed by atoms with Crippen LogP contribution in [0.25, 0.3) is 81.9 Å². The van der Waals surface area contributed by atoms with Crippen LogP contribution in [-0.4, -0.2) is 4.57 Å². The van der Waals surface area contributed by atoms with Gasteiger partial charge in [0, 0.05) is 16.5 Å². The van der Waals surface area contributed by atoms with Crippen LogP contribution < -0.4 is 5.56 Å². The maximum absolute atomic E-state index is 13.9. The van der Waals surface area contributed by atoms with Gasteiger partial charge in [-0.3, -0.25) is 9.36 Å². The molecule has 0 N–H and O–H groups in total. The number of hydrogen-bond donors (Lipinski definition) is 0. The van der Waals surface area contributed by atoms with Crippen molar-refractivity contribution in [3.63, 3.8) is 0 Å². The Balaban J connectivity index is 1.28. The minimum Gasteiger partial charge on any atom is -0.276 e. The van der Waals surface area contributed by atoms with Gasteiger partial charge in [0.15, 0.2) is 0 Å². The highest BCUT2D eigenvalue weighted by atomic mass is 16.1. The van der Waals surface area contributed by atoms with Gasteiger partial charge in [-0.05, 0) is 90.3 Å². The van der Waals surface area contributed by atoms with Crippen molar-refractivity contribution >= 4 is 54.0 Å². The van der Waals surface area contributed by atoms with Crippen molar-refractivity contribution in [1.82, 2.24) is 4.57 Å². The maximum atomic E-state index is 13.9. The van der Waals surface area contributed by atoms with Crippen molar-refractivity contribution < 1.29 is 0 Å². The van der Waals surface area contributed by atoms with Gasteiger partial charge in [0.25, 0.3) is 5.56 Å². The van der Waals surface area contributed by atoms with E-state index in [-0.39, 0.29) is 5.56 Å². The summed E-state index contributed by atoms with van der Waals surface area (Å²) in [5, 5.41) is 10.1. The lowest BCUT2D eigenvalue weighted by atomic mass is 9.88. The van der Waals surface area contributed by atoms with E-state index in [4.69, 9.17) is 0 Å². The summed E-state index contributed by atoms with van der Waals surface area (Å²) in [6, 6.07) is 57.3. The Hall–Kier alpha value is -5.99. The number of benzene rings is 8. The molecule has 210 valence electrons. The highest BCUT2D eigenvalue weighted by Gasteiger charge is 2.16. The SMILES string of the molecule is O=c1c2ccccc2c2ccccc2n1-c1ccc(-c2c3ccccc3cc3c2ccc2c(-c4ccccc4)cccc23)cc1. The first-order chi connectivity index (χ1) is 22.3. The molecule has 8 aromatic carbocycles. The summed E-state index contributed by atoms with van der Waals surface area (Å²) >= 11 is 0. The highest BCUT2D eigenvalue weighted by molar-refractivity contribution is 6.21. The molecule has 0 atom stereocenters. The van der Waals surface area contributed by atoms with Gasteiger partial charge < -0.3 is 0 Å². The summed E-state index contributed by atoms with van der Waals surface area (Å²) < 4.78 is 1.85. The third-order valence-electron chi connectivity index (χ3n) is 9.20. The molecule has 0 unspecified atom stereocenters. The van der Waals surface area contributed by atoms with Gasteiger partial charge in [-0.2, -0.15) is 0 Å². The van der Waals surface area contributed by atoms with Gasteiger partial charge in [-0.15, -0.1) is 0 Å². The topological polar surface area (TPSA) is 22.0 Å². The molecule has 0 saturated carbocycles. The summed E-state index contributed by atoms with van der Waals surface area (Å²) in [4.78, 5) is 13.9. The maximum Gasteiger partial charge on any atom is 0.263 e. The molecule has 0 bridgehead atoms. The summed E-state index contributed by atoms with van der Waals surface area (Å²) in [5.74, 6) is 0. The Morgan fingerprint density at radius 1 is 0.378 bits per heavy atom. The second kappa shape index (κ2) is 10.0. The Labute approximate surface area is 260 Å². The molecule has 0 aliphatic rings. The van der Waals surface area contributed by atoms with E-state index < -0.39 is 0 Å². The van der Waals surface area contributed by atoms with Gasteiger partial charge in [0.05, 0.1) is 5.52 Å². The summed E-state index contributed by atoms with van der Waals surface area (Å²) in [5.41, 5.74) is 6.54. The molecule has 0 spiro atoms. The van der Waals surface area contributed by atoms with Crippen LogP contribution in [0.15, 0.2) is 169 Å². The number of nitrogens with zero attached hydrogens (tertiary/aromatic N) is 1. The van der Waals surface area contributed by atoms with Crippen LogP contribution >= 0.6 is 0 Å². The minimum absolute atomic E-state index is 0.00616. The van der Waals surface area contributed by atoms with E-state index in [2.05, 4.69) is 121 Å². The van der Waals surface area contributed by atoms with Gasteiger partial charge in [-0.1, -0.05) is 133 Å². The van der Waals surface area contributed by atoms with Crippen molar-refractivity contribution in [3.05, 3.63) is 174 Å². The molecule has 1 heterocycles. The molecule has 45 heavy (non-hydrogen) atoms. The average molecular weight is 574 g/mol. The Bertz CT molecular complexity index is 2650. The predicted octanol–water partition coefficient (Wildman–Crippen LogP) is 10.9. The second-order valence-corrected chi connectivity index (χ2v) is 11.7. The van der Waals surface area contributed by atoms with Crippen molar-refractivity contribution in [2.75, 3.05) is 0 Å². The normalized spacial score (nSPS) is 11.6. The molecule has 9 rings (SSSR count). The molecule has 0 fully saturated rings. The van der Waals surface area contributed by atoms with E-state index in [0.29, 0.717) is 0 Å². The molecule has 0 aliphatic heterocycles. The fourth-order valence-electron chi connectivity index (χ4n) is 7.15. The molecule has 1 aromatic heterocycles. The van der Waals surface area contributed by atoms with Crippen LogP contribution in [0.1, 0.15) is 0 Å². The number of rotatable bonds is 3. The fraction of sp³-hybridized carbons (Fsp3) is 0. The zero-order chi connectivity index (χ0) is 29.9. The molecule has 2 nitrogen and oxygen atoms in total. The molecule has 2 heteroatoms. The molecular weight excluding hydrogens is 546 g/mol. The Morgan fingerprint density at radius 3 is 1.82 bits per heavy atom. The number of pyridine rings is 1. The zero-order valence-electron chi connectivity index (χ0n) is 24.4. The van der Waals surface area contributed by atoms with Crippen LogP contribution in [0.2, 0.25) is 0 Å². The molecule has 0 saturated heterocycles. The van der Waals surface area contributed by atoms with Crippen LogP contribution in [0.5, 0.6) is 0 Å². The number of para-hydroxylation sites is 1. The number of fused-ring (bicyclic) bond motifs is 7. The first kappa shape index (κ1) is 25.5. The van der Waals surface area contributed by atoms with Crippen LogP contribution in [0.3, 0.4) is 0 Å². The van der Waals surface area contributed by atoms with Crippen molar-refractivity contribution in [2.24, 2.45) is 0 Å². The monoisotopic (exact) mass is 573 g/mol. The number of hydrogen-bond acceptors (Lipinski definition) is 1. The van der Waals surface area contributed by atoms with Crippen molar-refractivity contribution in [3.8, 4) is 27.9 Å². The first-order valence-corrected chi connectivity index (χ1v) is 15.3. The lowest BCUT2D eigenvalue weighted by Crippen LogP contribution is -2.19. The van der Waals surface area contributed by atoms with E-state index in [1.54, 1.807) is 0 Å². The average Bonchev–Trinajstić information content (AvgIpc) is 3.11. The second-order valence-electron chi connectivity index (χ2n) is 11.7. The van der Waals surface area contributed by atoms with Gasteiger partial charge in [0.1, 0.15) is 0 Å². The molecular formula is C43H27NO. The van der Waals surface area contributed by atoms with Gasteiger partial charge >= 0.3 is 0 Å². The number of aromatic nitrogens is 1. The van der Waals surface area contributed by atoms with Crippen LogP contribution in [-0.2, 0) is 0 Å². The summed E-state index contributed by atoms with van der Waals surface area (Å²) in [6.45, 7) is 0. The molecule has 0 amide bonds. The Morgan fingerprint density at radius 2 is 1.00 bits per heavy atom. The van der Waals surface area contributed by atoms with E-state index in [1.807, 2.05) is 47.0 Å². The largest absolute Gasteiger partial charge is 0.276 e. The van der Waals surface area contributed by atoms with E-state index >= 15 is 0 Å². The predicted molar refractivity (Wildman–Crippen MR) is 190 cm³/mol. The van der Waals surface area contributed by atoms with Crippen LogP contribution in [0, 0.1) is 0 Å². The summed E-state index contributed by atoms with van der Waals surface area (Å²) in [7, 11) is 0. The van der Waals surface area contributed by atoms with Crippen LogP contribution in [0.4, 0.5) is 0 Å². The fourth-order valence-corrected chi connectivity index (χ4v) is 7.15. The van der Waals surface area contributed by atoms with Crippen molar-refractivity contribution in [1.29, 1.82) is 0 Å². The molecule has 0 aliphatic carbocycles. The first-order valence-electron chi connectivity index (χ1n) is 15.3. The quantitative estimate of drug-likeness (QED) is 0.152. The lowest BCUT2D eigenvalue weighted by molar-refractivity contribution is 1.06. The van der Waals surface area contributed by atoms with Gasteiger partial charge in [-0.25, -0.2) is 0 Å².